The van der Waals surface area contributed by atoms with E-state index in [4.69, 9.17) is 4.42 Å². The van der Waals surface area contributed by atoms with Gasteiger partial charge in [0.05, 0.1) is 18.1 Å². The Balaban J connectivity index is 1.53. The summed E-state index contributed by atoms with van der Waals surface area (Å²) in [5.74, 6) is -0.615. The van der Waals surface area contributed by atoms with Gasteiger partial charge in [0.25, 0.3) is 15.9 Å². The van der Waals surface area contributed by atoms with Crippen molar-refractivity contribution in [2.45, 2.75) is 37.8 Å². The second-order valence-corrected chi connectivity index (χ2v) is 8.87. The summed E-state index contributed by atoms with van der Waals surface area (Å²) in [7, 11) is -3.70. The van der Waals surface area contributed by atoms with E-state index in [0.717, 1.165) is 23.9 Å². The molecule has 0 aromatic carbocycles. The number of furan rings is 1. The van der Waals surface area contributed by atoms with Crippen LogP contribution in [0, 0.1) is 0 Å². The van der Waals surface area contributed by atoms with Crippen molar-refractivity contribution in [3.63, 3.8) is 0 Å². The van der Waals surface area contributed by atoms with Crippen LogP contribution in [0.4, 0.5) is 5.69 Å². The van der Waals surface area contributed by atoms with Gasteiger partial charge in [0.1, 0.15) is 0 Å². The summed E-state index contributed by atoms with van der Waals surface area (Å²) in [4.78, 5) is 16.8. The molecule has 10 heteroatoms. The van der Waals surface area contributed by atoms with Crippen molar-refractivity contribution in [3.8, 4) is 0 Å². The Morgan fingerprint density at radius 1 is 1.21 bits per heavy atom. The highest BCUT2D eigenvalue weighted by molar-refractivity contribution is 7.89. The van der Waals surface area contributed by atoms with E-state index < -0.39 is 15.9 Å². The number of carbonyl (C=O) groups excluding carboxylic acids is 1. The van der Waals surface area contributed by atoms with E-state index in [-0.39, 0.29) is 16.9 Å². The molecular formula is C18H21N5O4S. The number of rotatable bonds is 5. The first-order valence-corrected chi connectivity index (χ1v) is 10.5. The molecule has 28 heavy (non-hydrogen) atoms. The number of sulfonamides is 1. The molecule has 1 aliphatic heterocycles. The molecule has 0 bridgehead atoms. The van der Waals surface area contributed by atoms with Crippen molar-refractivity contribution >= 4 is 32.7 Å². The minimum Gasteiger partial charge on any atom is -0.438 e. The van der Waals surface area contributed by atoms with Crippen molar-refractivity contribution in [1.82, 2.24) is 19.1 Å². The molecule has 1 aliphatic rings. The maximum absolute atomic E-state index is 12.5. The third-order valence-electron chi connectivity index (χ3n) is 4.64. The lowest BCUT2D eigenvalue weighted by molar-refractivity contribution is 0.0991. The Bertz CT molecular complexity index is 1130. The van der Waals surface area contributed by atoms with E-state index in [1.54, 1.807) is 16.9 Å². The molecule has 1 saturated heterocycles. The zero-order valence-corrected chi connectivity index (χ0v) is 16.4. The predicted octanol–water partition coefficient (Wildman–Crippen LogP) is 2.64. The van der Waals surface area contributed by atoms with Gasteiger partial charge in [-0.25, -0.2) is 18.1 Å². The minimum atomic E-state index is -3.70. The van der Waals surface area contributed by atoms with Gasteiger partial charge in [0, 0.05) is 24.5 Å². The van der Waals surface area contributed by atoms with Crippen molar-refractivity contribution in [1.29, 1.82) is 0 Å². The van der Waals surface area contributed by atoms with Crippen molar-refractivity contribution in [2.24, 2.45) is 0 Å². The summed E-state index contributed by atoms with van der Waals surface area (Å²) in [6.07, 6.45) is 4.88. The Kier molecular flexibility index (Phi) is 4.68. The topological polar surface area (TPSA) is 110 Å². The Hall–Kier alpha value is -2.72. The van der Waals surface area contributed by atoms with E-state index in [1.165, 1.54) is 22.6 Å². The molecule has 1 fully saturated rings. The van der Waals surface area contributed by atoms with Crippen LogP contribution in [0.15, 0.2) is 40.1 Å². The van der Waals surface area contributed by atoms with Crippen molar-refractivity contribution < 1.29 is 17.6 Å². The lowest BCUT2D eigenvalue weighted by Gasteiger charge is -2.12. The van der Waals surface area contributed by atoms with E-state index in [2.05, 4.69) is 15.4 Å². The average Bonchev–Trinajstić information content (AvgIpc) is 3.40. The van der Waals surface area contributed by atoms with Gasteiger partial charge in [-0.05, 0) is 44.9 Å². The summed E-state index contributed by atoms with van der Waals surface area (Å²) < 4.78 is 33.5. The summed E-state index contributed by atoms with van der Waals surface area (Å²) in [6.45, 7) is 4.96. The number of aromatic nitrogens is 3. The van der Waals surface area contributed by atoms with Crippen LogP contribution >= 0.6 is 0 Å². The Morgan fingerprint density at radius 3 is 2.68 bits per heavy atom. The first kappa shape index (κ1) is 18.6. The molecule has 4 rings (SSSR count). The highest BCUT2D eigenvalue weighted by Gasteiger charge is 2.30. The zero-order chi connectivity index (χ0) is 19.9. The molecule has 9 nitrogen and oxygen atoms in total. The molecule has 1 amide bonds. The third kappa shape index (κ3) is 3.29. The van der Waals surface area contributed by atoms with Crippen LogP contribution in [0.5, 0.6) is 0 Å². The monoisotopic (exact) mass is 403 g/mol. The van der Waals surface area contributed by atoms with Gasteiger partial charge in [0.2, 0.25) is 5.09 Å². The molecule has 0 radical (unpaired) electrons. The number of hydrogen-bond donors (Lipinski definition) is 1. The highest BCUT2D eigenvalue weighted by atomic mass is 32.2. The van der Waals surface area contributed by atoms with Gasteiger partial charge in [-0.2, -0.15) is 9.40 Å². The molecule has 3 aromatic heterocycles. The number of nitrogens with zero attached hydrogens (tertiary/aromatic N) is 4. The number of nitrogens with one attached hydrogen (secondary N) is 1. The minimum absolute atomic E-state index is 0.0734. The SMILES string of the molecule is CC(C)n1ncc2cc(NC(=O)c3ccc(S(=O)(=O)N4CCCC4)o3)cnc21. The average molecular weight is 403 g/mol. The molecule has 0 aliphatic carbocycles. The lowest BCUT2D eigenvalue weighted by Crippen LogP contribution is -2.27. The lowest BCUT2D eigenvalue weighted by atomic mass is 10.3. The molecule has 148 valence electrons. The largest absolute Gasteiger partial charge is 0.438 e. The molecule has 4 heterocycles. The maximum atomic E-state index is 12.5. The van der Waals surface area contributed by atoms with Crippen molar-refractivity contribution in [2.75, 3.05) is 18.4 Å². The van der Waals surface area contributed by atoms with Gasteiger partial charge >= 0.3 is 0 Å². The van der Waals surface area contributed by atoms with Crippen LogP contribution in [0.1, 0.15) is 43.3 Å². The van der Waals surface area contributed by atoms with Gasteiger partial charge < -0.3 is 9.73 Å². The fraction of sp³-hybridized carbons (Fsp3) is 0.389. The smallest absolute Gasteiger partial charge is 0.291 e. The van der Waals surface area contributed by atoms with E-state index in [0.29, 0.717) is 18.8 Å². The van der Waals surface area contributed by atoms with Gasteiger partial charge in [0.15, 0.2) is 11.4 Å². The fourth-order valence-electron chi connectivity index (χ4n) is 3.22. The molecule has 0 saturated carbocycles. The van der Waals surface area contributed by atoms with Crippen LogP contribution < -0.4 is 5.32 Å². The van der Waals surface area contributed by atoms with E-state index >= 15 is 0 Å². The Labute approximate surface area is 162 Å². The zero-order valence-electron chi connectivity index (χ0n) is 15.6. The number of hydrogen-bond acceptors (Lipinski definition) is 6. The molecule has 1 N–H and O–H groups in total. The van der Waals surface area contributed by atoms with Crippen LogP contribution in [0.25, 0.3) is 11.0 Å². The second-order valence-electron chi connectivity index (χ2n) is 7.00. The summed E-state index contributed by atoms with van der Waals surface area (Å²) in [6, 6.07) is 4.61. The second kappa shape index (κ2) is 7.02. The summed E-state index contributed by atoms with van der Waals surface area (Å²) >= 11 is 0. The third-order valence-corrected chi connectivity index (χ3v) is 6.42. The molecule has 0 atom stereocenters. The summed E-state index contributed by atoms with van der Waals surface area (Å²) in [5.41, 5.74) is 1.20. The predicted molar refractivity (Wildman–Crippen MR) is 103 cm³/mol. The van der Waals surface area contributed by atoms with E-state index in [1.807, 2.05) is 13.8 Å². The number of carbonyl (C=O) groups is 1. The number of pyridine rings is 1. The number of fused-ring (bicyclic) bond motifs is 1. The normalized spacial score (nSPS) is 15.5. The van der Waals surface area contributed by atoms with Gasteiger partial charge in [-0.3, -0.25) is 4.79 Å². The fourth-order valence-corrected chi connectivity index (χ4v) is 4.64. The van der Waals surface area contributed by atoms with Crippen LogP contribution in [0.2, 0.25) is 0 Å². The quantitative estimate of drug-likeness (QED) is 0.701. The Morgan fingerprint density at radius 2 is 1.96 bits per heavy atom. The first-order chi connectivity index (χ1) is 13.4. The molecule has 0 unspecified atom stereocenters. The van der Waals surface area contributed by atoms with Crippen LogP contribution in [-0.4, -0.2) is 46.5 Å². The molecule has 3 aromatic rings. The van der Waals surface area contributed by atoms with Crippen LogP contribution in [0.3, 0.4) is 0 Å². The van der Waals surface area contributed by atoms with Gasteiger partial charge in [-0.15, -0.1) is 0 Å². The highest BCUT2D eigenvalue weighted by Crippen LogP contribution is 2.24. The molecular weight excluding hydrogens is 382 g/mol. The van der Waals surface area contributed by atoms with E-state index in [9.17, 15) is 13.2 Å². The molecule has 0 spiro atoms. The standard InChI is InChI=1S/C18H21N5O4S/c1-12(2)23-17-13(10-20-23)9-14(11-19-17)21-18(24)15-5-6-16(27-15)28(25,26)22-7-3-4-8-22/h5-6,9-12H,3-4,7-8H2,1-2H3,(H,21,24). The first-order valence-electron chi connectivity index (χ1n) is 9.11. The number of amides is 1. The van der Waals surface area contributed by atoms with Crippen LogP contribution in [-0.2, 0) is 10.0 Å². The maximum Gasteiger partial charge on any atom is 0.291 e. The van der Waals surface area contributed by atoms with Crippen molar-refractivity contribution in [3.05, 3.63) is 36.4 Å². The van der Waals surface area contributed by atoms with Gasteiger partial charge in [-0.1, -0.05) is 0 Å². The number of anilines is 1. The summed E-state index contributed by atoms with van der Waals surface area (Å²) in [5, 5.41) is 7.55.